The second-order valence-corrected chi connectivity index (χ2v) is 10.2. The summed E-state index contributed by atoms with van der Waals surface area (Å²) in [7, 11) is -4.13. The predicted octanol–water partition coefficient (Wildman–Crippen LogP) is 3.33. The molecule has 1 aliphatic carbocycles. The minimum Gasteiger partial charge on any atom is -0.480 e. The Labute approximate surface area is 193 Å². The fraction of sp³-hybridized carbons (Fsp3) is 0.381. The van der Waals surface area contributed by atoms with Gasteiger partial charge in [-0.1, -0.05) is 41.9 Å². The van der Waals surface area contributed by atoms with Crippen molar-refractivity contribution in [2.75, 3.05) is 31.1 Å². The van der Waals surface area contributed by atoms with Crippen molar-refractivity contribution in [1.29, 1.82) is 0 Å². The molecule has 0 amide bonds. The van der Waals surface area contributed by atoms with E-state index in [2.05, 4.69) is 4.72 Å². The van der Waals surface area contributed by atoms with Crippen LogP contribution in [0.25, 0.3) is 0 Å². The van der Waals surface area contributed by atoms with Gasteiger partial charge in [0, 0.05) is 37.8 Å². The minimum atomic E-state index is -4.60. The van der Waals surface area contributed by atoms with Crippen LogP contribution >= 0.6 is 11.6 Å². The molecular formula is C21H21ClF3N3O4S. The molecule has 0 bridgehead atoms. The number of nitrogens with one attached hydrogen (secondary N) is 1. The number of aliphatic carboxylic acids is 1. The largest absolute Gasteiger partial charge is 0.480 e. The number of carbonyl (C=O) groups is 1. The van der Waals surface area contributed by atoms with E-state index in [0.717, 1.165) is 22.0 Å². The van der Waals surface area contributed by atoms with Crippen LogP contribution in [0.1, 0.15) is 23.5 Å². The Bertz CT molecular complexity index is 1160. The lowest BCUT2D eigenvalue weighted by Gasteiger charge is -2.36. The second-order valence-electron chi connectivity index (χ2n) is 8.10. The molecule has 2 fully saturated rings. The number of anilines is 1. The molecule has 7 nitrogen and oxygen atoms in total. The number of alkyl halides is 3. The maximum atomic E-state index is 13.2. The zero-order valence-electron chi connectivity index (χ0n) is 17.2. The first-order chi connectivity index (χ1) is 15.4. The lowest BCUT2D eigenvalue weighted by Crippen LogP contribution is -2.56. The third kappa shape index (κ3) is 4.68. The fourth-order valence-corrected chi connectivity index (χ4v) is 5.92. The first kappa shape index (κ1) is 23.8. The van der Waals surface area contributed by atoms with Crippen LogP contribution in [0.3, 0.4) is 0 Å². The van der Waals surface area contributed by atoms with E-state index in [9.17, 15) is 31.5 Å². The normalized spacial score (nSPS) is 24.0. The van der Waals surface area contributed by atoms with Crippen LogP contribution in [0.2, 0.25) is 5.02 Å². The highest BCUT2D eigenvalue weighted by molar-refractivity contribution is 7.87. The summed E-state index contributed by atoms with van der Waals surface area (Å²) in [5.74, 6) is -1.73. The lowest BCUT2D eigenvalue weighted by molar-refractivity contribution is -0.140. The number of carboxylic acids is 1. The first-order valence-corrected chi connectivity index (χ1v) is 11.9. The van der Waals surface area contributed by atoms with Crippen molar-refractivity contribution in [3.05, 3.63) is 64.7 Å². The van der Waals surface area contributed by atoms with Gasteiger partial charge in [0.15, 0.2) is 0 Å². The maximum absolute atomic E-state index is 13.2. The van der Waals surface area contributed by atoms with Crippen LogP contribution in [0.4, 0.5) is 18.9 Å². The Kier molecular flexibility index (Phi) is 6.10. The van der Waals surface area contributed by atoms with E-state index in [0.29, 0.717) is 0 Å². The van der Waals surface area contributed by atoms with E-state index in [1.54, 1.807) is 35.2 Å². The SMILES string of the molecule is O=C(O)[C@@]1(NS(=O)(=O)N2CCN(c3ccc(Cl)c(C(F)(F)F)c3)CC2)C[C@H]1c1ccccc1. The first-order valence-electron chi connectivity index (χ1n) is 10.1. The molecule has 2 N–H and O–H groups in total. The van der Waals surface area contributed by atoms with E-state index >= 15 is 0 Å². The van der Waals surface area contributed by atoms with E-state index < -0.39 is 44.4 Å². The minimum absolute atomic E-state index is 0.00892. The average Bonchev–Trinajstić information content (AvgIpc) is 3.49. The Morgan fingerprint density at radius 1 is 1.09 bits per heavy atom. The van der Waals surface area contributed by atoms with Gasteiger partial charge in [0.2, 0.25) is 0 Å². The molecule has 12 heteroatoms. The highest BCUT2D eigenvalue weighted by atomic mass is 35.5. The van der Waals surface area contributed by atoms with Gasteiger partial charge < -0.3 is 10.0 Å². The topological polar surface area (TPSA) is 89.9 Å². The molecule has 2 atom stereocenters. The molecule has 2 aromatic carbocycles. The Morgan fingerprint density at radius 2 is 1.73 bits per heavy atom. The fourth-order valence-electron chi connectivity index (χ4n) is 4.15. The number of benzene rings is 2. The van der Waals surface area contributed by atoms with E-state index in [1.807, 2.05) is 0 Å². The van der Waals surface area contributed by atoms with Crippen LogP contribution in [0.5, 0.6) is 0 Å². The second kappa shape index (κ2) is 8.46. The number of hydrogen-bond acceptors (Lipinski definition) is 4. The number of nitrogens with zero attached hydrogens (tertiary/aromatic N) is 2. The standard InChI is InChI=1S/C21H21ClF3N3O4S/c22-18-7-6-15(12-16(18)21(23,24)25)27-8-10-28(11-9-27)33(31,32)26-20(19(29)30)13-17(20)14-4-2-1-3-5-14/h1-7,12,17,26H,8-11,13H2,(H,29,30)/t17-,20+/m0/s1. The molecule has 1 saturated carbocycles. The van der Waals surface area contributed by atoms with E-state index in [4.69, 9.17) is 11.6 Å². The van der Waals surface area contributed by atoms with Gasteiger partial charge in [-0.3, -0.25) is 4.79 Å². The zero-order valence-corrected chi connectivity index (χ0v) is 18.8. The number of halogens is 4. The molecule has 178 valence electrons. The summed E-state index contributed by atoms with van der Waals surface area (Å²) < 4.78 is 68.9. The summed E-state index contributed by atoms with van der Waals surface area (Å²) in [6.07, 6.45) is -4.47. The van der Waals surface area contributed by atoms with Gasteiger partial charge in [-0.05, 0) is 30.2 Å². The van der Waals surface area contributed by atoms with Crippen molar-refractivity contribution < 1.29 is 31.5 Å². The van der Waals surface area contributed by atoms with Crippen molar-refractivity contribution in [3.8, 4) is 0 Å². The molecule has 0 radical (unpaired) electrons. The number of piperazine rings is 1. The summed E-state index contributed by atoms with van der Waals surface area (Å²) >= 11 is 5.67. The third-order valence-electron chi connectivity index (χ3n) is 6.05. The molecule has 2 aliphatic rings. The summed E-state index contributed by atoms with van der Waals surface area (Å²) in [6.45, 7) is 0.264. The third-order valence-corrected chi connectivity index (χ3v) is 8.05. The van der Waals surface area contributed by atoms with Gasteiger partial charge >= 0.3 is 12.1 Å². The molecule has 1 heterocycles. The van der Waals surface area contributed by atoms with Gasteiger partial charge in [-0.25, -0.2) is 0 Å². The number of hydrogen-bond donors (Lipinski definition) is 2. The lowest BCUT2D eigenvalue weighted by atomic mass is 10.1. The summed E-state index contributed by atoms with van der Waals surface area (Å²) in [5.41, 5.74) is -1.56. The van der Waals surface area contributed by atoms with Crippen molar-refractivity contribution >= 4 is 33.5 Å². The average molecular weight is 504 g/mol. The number of rotatable bonds is 6. The van der Waals surface area contributed by atoms with Gasteiger partial charge in [-0.15, -0.1) is 0 Å². The molecule has 0 spiro atoms. The Morgan fingerprint density at radius 3 is 2.30 bits per heavy atom. The van der Waals surface area contributed by atoms with Gasteiger partial charge in [0.1, 0.15) is 5.54 Å². The molecule has 4 rings (SSSR count). The van der Waals surface area contributed by atoms with Crippen LogP contribution in [0.15, 0.2) is 48.5 Å². The molecule has 1 aliphatic heterocycles. The summed E-state index contributed by atoms with van der Waals surface area (Å²) in [5, 5.41) is 9.34. The molecular weight excluding hydrogens is 483 g/mol. The molecule has 1 saturated heterocycles. The monoisotopic (exact) mass is 503 g/mol. The smallest absolute Gasteiger partial charge is 0.417 e. The summed E-state index contributed by atoms with van der Waals surface area (Å²) in [4.78, 5) is 13.6. The summed E-state index contributed by atoms with van der Waals surface area (Å²) in [6, 6.07) is 12.4. The van der Waals surface area contributed by atoms with Crippen LogP contribution in [0, 0.1) is 0 Å². The van der Waals surface area contributed by atoms with Crippen molar-refractivity contribution in [1.82, 2.24) is 9.03 Å². The van der Waals surface area contributed by atoms with Gasteiger partial charge in [0.05, 0.1) is 10.6 Å². The zero-order chi connectivity index (χ0) is 24.0. The predicted molar refractivity (Wildman–Crippen MR) is 116 cm³/mol. The Hall–Kier alpha value is -2.34. The maximum Gasteiger partial charge on any atom is 0.417 e. The highest BCUT2D eigenvalue weighted by Crippen LogP contribution is 2.52. The van der Waals surface area contributed by atoms with Gasteiger partial charge in [0.25, 0.3) is 10.2 Å². The molecule has 33 heavy (non-hydrogen) atoms. The van der Waals surface area contributed by atoms with Gasteiger partial charge in [-0.2, -0.15) is 30.6 Å². The van der Waals surface area contributed by atoms with E-state index in [1.165, 1.54) is 6.07 Å². The Balaban J connectivity index is 1.45. The van der Waals surface area contributed by atoms with E-state index in [-0.39, 0.29) is 38.3 Å². The number of carboxylic acid groups (broad SMARTS) is 1. The highest BCUT2D eigenvalue weighted by Gasteiger charge is 2.63. The van der Waals surface area contributed by atoms with Crippen LogP contribution in [-0.2, 0) is 21.2 Å². The molecule has 0 aromatic heterocycles. The van der Waals surface area contributed by atoms with Crippen LogP contribution in [-0.4, -0.2) is 55.5 Å². The van der Waals surface area contributed by atoms with Crippen molar-refractivity contribution in [2.45, 2.75) is 24.1 Å². The van der Waals surface area contributed by atoms with Crippen molar-refractivity contribution in [2.24, 2.45) is 0 Å². The quantitative estimate of drug-likeness (QED) is 0.631. The van der Waals surface area contributed by atoms with Crippen LogP contribution < -0.4 is 9.62 Å². The van der Waals surface area contributed by atoms with Crippen molar-refractivity contribution in [3.63, 3.8) is 0 Å². The molecule has 2 aromatic rings. The molecule has 0 unspecified atom stereocenters.